The SMILES string of the molecule is COCC(=O)Nc1cnc2c(NCc3nnc4ccc(-c5cc(F)cc(F)c5)nn34)ccnc2c1. The van der Waals surface area contributed by atoms with Gasteiger partial charge in [-0.2, -0.15) is 9.61 Å². The molecule has 0 radical (unpaired) electrons. The van der Waals surface area contributed by atoms with Crippen LogP contribution in [-0.2, 0) is 16.1 Å². The van der Waals surface area contributed by atoms with Gasteiger partial charge in [-0.05, 0) is 36.4 Å². The van der Waals surface area contributed by atoms with Gasteiger partial charge in [0.15, 0.2) is 11.5 Å². The third kappa shape index (κ3) is 4.73. The molecule has 0 aliphatic heterocycles. The summed E-state index contributed by atoms with van der Waals surface area (Å²) in [6, 6.07) is 9.99. The molecule has 1 amide bonds. The Labute approximate surface area is 197 Å². The average Bonchev–Trinajstić information content (AvgIpc) is 3.24. The van der Waals surface area contributed by atoms with E-state index < -0.39 is 11.6 Å². The second-order valence-electron chi connectivity index (χ2n) is 7.55. The maximum absolute atomic E-state index is 13.7. The van der Waals surface area contributed by atoms with Crippen molar-refractivity contribution in [2.24, 2.45) is 0 Å². The van der Waals surface area contributed by atoms with Crippen LogP contribution >= 0.6 is 0 Å². The van der Waals surface area contributed by atoms with Gasteiger partial charge in [0.1, 0.15) is 23.8 Å². The molecule has 0 atom stereocenters. The highest BCUT2D eigenvalue weighted by Gasteiger charge is 2.12. The van der Waals surface area contributed by atoms with Gasteiger partial charge in [-0.1, -0.05) is 0 Å². The molecule has 0 fully saturated rings. The summed E-state index contributed by atoms with van der Waals surface area (Å²) in [6.07, 6.45) is 3.14. The number of carbonyl (C=O) groups excluding carboxylic acids is 1. The third-order valence-corrected chi connectivity index (χ3v) is 5.06. The molecule has 12 heteroatoms. The summed E-state index contributed by atoms with van der Waals surface area (Å²) < 4.78 is 33.6. The van der Waals surface area contributed by atoms with E-state index >= 15 is 0 Å². The fraction of sp³-hybridized carbons (Fsp3) is 0.130. The van der Waals surface area contributed by atoms with E-state index in [1.165, 1.54) is 30.0 Å². The first-order chi connectivity index (χ1) is 17.0. The normalized spacial score (nSPS) is 11.2. The van der Waals surface area contributed by atoms with Crippen LogP contribution in [-0.4, -0.2) is 49.4 Å². The number of pyridine rings is 2. The minimum atomic E-state index is -0.689. The molecule has 4 aromatic heterocycles. The molecule has 0 bridgehead atoms. The van der Waals surface area contributed by atoms with Crippen LogP contribution in [0, 0.1) is 11.6 Å². The van der Waals surface area contributed by atoms with E-state index in [0.29, 0.717) is 45.1 Å². The van der Waals surface area contributed by atoms with Crippen molar-refractivity contribution in [3.8, 4) is 11.3 Å². The highest BCUT2D eigenvalue weighted by molar-refractivity contribution is 5.95. The molecule has 2 N–H and O–H groups in total. The summed E-state index contributed by atoms with van der Waals surface area (Å²) in [4.78, 5) is 20.5. The minimum absolute atomic E-state index is 0.0662. The summed E-state index contributed by atoms with van der Waals surface area (Å²) in [5.41, 5.74) is 3.50. The van der Waals surface area contributed by atoms with Crippen molar-refractivity contribution < 1.29 is 18.3 Å². The summed E-state index contributed by atoms with van der Waals surface area (Å²) >= 11 is 0. The first-order valence-electron chi connectivity index (χ1n) is 10.5. The first-order valence-corrected chi connectivity index (χ1v) is 10.5. The number of halogens is 2. The molecule has 0 spiro atoms. The molecule has 176 valence electrons. The topological polar surface area (TPSA) is 119 Å². The summed E-state index contributed by atoms with van der Waals surface area (Å²) in [5.74, 6) is -1.20. The second-order valence-corrected chi connectivity index (χ2v) is 7.55. The number of amides is 1. The van der Waals surface area contributed by atoms with Crippen molar-refractivity contribution in [2.45, 2.75) is 6.54 Å². The molecule has 0 aliphatic rings. The summed E-state index contributed by atoms with van der Waals surface area (Å²) in [5, 5.41) is 18.7. The average molecular weight is 476 g/mol. The Balaban J connectivity index is 1.40. The number of methoxy groups -OCH3 is 1. The number of hydrogen-bond donors (Lipinski definition) is 2. The monoisotopic (exact) mass is 476 g/mol. The van der Waals surface area contributed by atoms with E-state index in [2.05, 4.69) is 35.9 Å². The van der Waals surface area contributed by atoms with Crippen molar-refractivity contribution >= 4 is 34.0 Å². The predicted molar refractivity (Wildman–Crippen MR) is 124 cm³/mol. The number of hydrogen-bond acceptors (Lipinski definition) is 8. The molecule has 5 aromatic rings. The highest BCUT2D eigenvalue weighted by Crippen LogP contribution is 2.23. The van der Waals surface area contributed by atoms with E-state index in [9.17, 15) is 13.6 Å². The Morgan fingerprint density at radius 1 is 1.06 bits per heavy atom. The molecule has 35 heavy (non-hydrogen) atoms. The largest absolute Gasteiger partial charge is 0.376 e. The van der Waals surface area contributed by atoms with Crippen molar-refractivity contribution in [1.29, 1.82) is 0 Å². The van der Waals surface area contributed by atoms with Crippen LogP contribution in [0.2, 0.25) is 0 Å². The first kappa shape index (κ1) is 22.2. The number of aromatic nitrogens is 6. The number of nitrogens with zero attached hydrogens (tertiary/aromatic N) is 6. The van der Waals surface area contributed by atoms with Crippen molar-refractivity contribution in [3.05, 3.63) is 72.3 Å². The zero-order valence-corrected chi connectivity index (χ0v) is 18.4. The van der Waals surface area contributed by atoms with Gasteiger partial charge in [0.05, 0.1) is 35.3 Å². The molecule has 0 saturated carbocycles. The van der Waals surface area contributed by atoms with Crippen LogP contribution in [0.15, 0.2) is 54.9 Å². The van der Waals surface area contributed by atoms with Crippen LogP contribution in [0.4, 0.5) is 20.2 Å². The zero-order valence-electron chi connectivity index (χ0n) is 18.4. The molecule has 0 unspecified atom stereocenters. The Bertz CT molecular complexity index is 1540. The van der Waals surface area contributed by atoms with Gasteiger partial charge in [-0.15, -0.1) is 10.2 Å². The van der Waals surface area contributed by atoms with Gasteiger partial charge in [-0.25, -0.2) is 8.78 Å². The van der Waals surface area contributed by atoms with E-state index in [-0.39, 0.29) is 19.1 Å². The standard InChI is InChI=1S/C23H18F2N8O2/c1-35-12-22(34)29-16-9-19-23(28-10-16)18(4-5-26-19)27-11-21-31-30-20-3-2-17(32-33(20)21)13-6-14(24)8-15(25)7-13/h2-10H,11-12H2,1H3,(H,26,27)(H,29,34). The number of anilines is 2. The number of rotatable bonds is 7. The molecular formula is C23H18F2N8O2. The van der Waals surface area contributed by atoms with Gasteiger partial charge in [0.25, 0.3) is 0 Å². The smallest absolute Gasteiger partial charge is 0.250 e. The third-order valence-electron chi connectivity index (χ3n) is 5.06. The second kappa shape index (κ2) is 9.35. The van der Waals surface area contributed by atoms with Crippen molar-refractivity contribution in [3.63, 3.8) is 0 Å². The molecule has 1 aromatic carbocycles. The predicted octanol–water partition coefficient (Wildman–Crippen LogP) is 3.21. The maximum atomic E-state index is 13.7. The minimum Gasteiger partial charge on any atom is -0.376 e. The Hall–Kier alpha value is -4.58. The lowest BCUT2D eigenvalue weighted by molar-refractivity contribution is -0.119. The molecule has 4 heterocycles. The molecule has 0 aliphatic carbocycles. The van der Waals surface area contributed by atoms with E-state index in [0.717, 1.165) is 6.07 Å². The lowest BCUT2D eigenvalue weighted by Gasteiger charge is -2.10. The number of fused-ring (bicyclic) bond motifs is 2. The number of nitrogens with one attached hydrogen (secondary N) is 2. The lowest BCUT2D eigenvalue weighted by Crippen LogP contribution is -2.17. The van der Waals surface area contributed by atoms with Gasteiger partial charge in [-0.3, -0.25) is 14.8 Å². The van der Waals surface area contributed by atoms with Crippen LogP contribution in [0.3, 0.4) is 0 Å². The quantitative estimate of drug-likeness (QED) is 0.368. The van der Waals surface area contributed by atoms with E-state index in [1.54, 1.807) is 30.5 Å². The molecule has 5 rings (SSSR count). The highest BCUT2D eigenvalue weighted by atomic mass is 19.1. The fourth-order valence-corrected chi connectivity index (χ4v) is 3.54. The number of ether oxygens (including phenoxy) is 1. The van der Waals surface area contributed by atoms with Crippen molar-refractivity contribution in [2.75, 3.05) is 24.4 Å². The summed E-state index contributed by atoms with van der Waals surface area (Å²) in [6.45, 7) is 0.172. The van der Waals surface area contributed by atoms with E-state index in [4.69, 9.17) is 4.74 Å². The van der Waals surface area contributed by atoms with Crippen LogP contribution < -0.4 is 10.6 Å². The Morgan fingerprint density at radius 3 is 2.69 bits per heavy atom. The molecule has 0 saturated heterocycles. The van der Waals surface area contributed by atoms with Gasteiger partial charge in [0, 0.05) is 24.9 Å². The molecular weight excluding hydrogens is 458 g/mol. The van der Waals surface area contributed by atoms with Crippen molar-refractivity contribution in [1.82, 2.24) is 29.8 Å². The zero-order chi connectivity index (χ0) is 24.4. The maximum Gasteiger partial charge on any atom is 0.250 e. The van der Waals surface area contributed by atoms with Gasteiger partial charge >= 0.3 is 0 Å². The lowest BCUT2D eigenvalue weighted by atomic mass is 10.1. The van der Waals surface area contributed by atoms with Crippen LogP contribution in [0.1, 0.15) is 5.82 Å². The molecule has 10 nitrogen and oxygen atoms in total. The van der Waals surface area contributed by atoms with Crippen LogP contribution in [0.25, 0.3) is 27.9 Å². The summed E-state index contributed by atoms with van der Waals surface area (Å²) in [7, 11) is 1.44. The number of benzene rings is 1. The number of carbonyl (C=O) groups is 1. The van der Waals surface area contributed by atoms with Crippen LogP contribution in [0.5, 0.6) is 0 Å². The Morgan fingerprint density at radius 2 is 1.89 bits per heavy atom. The fourth-order valence-electron chi connectivity index (χ4n) is 3.54. The Kier molecular flexibility index (Phi) is 5.94. The van der Waals surface area contributed by atoms with E-state index in [1.807, 2.05) is 0 Å². The van der Waals surface area contributed by atoms with Gasteiger partial charge in [0.2, 0.25) is 5.91 Å². The van der Waals surface area contributed by atoms with Gasteiger partial charge < -0.3 is 15.4 Å².